The minimum Gasteiger partial charge on any atom is -0.493 e. The predicted molar refractivity (Wildman–Crippen MR) is 279 cm³/mol. The van der Waals surface area contributed by atoms with Gasteiger partial charge in [0.1, 0.15) is 13.2 Å². The molecule has 2 atom stereocenters. The molecule has 0 aromatic heterocycles. The smallest absolute Gasteiger partial charge is 0.313 e. The number of nitrogens with zero attached hydrogens (tertiary/aromatic N) is 4. The molecule has 16 nitrogen and oxygen atoms in total. The summed E-state index contributed by atoms with van der Waals surface area (Å²) in [6.45, 7) is 7.95. The van der Waals surface area contributed by atoms with E-state index in [1.54, 1.807) is 44.4 Å². The van der Waals surface area contributed by atoms with Crippen molar-refractivity contribution in [3.8, 4) is 23.0 Å². The lowest BCUT2D eigenvalue weighted by Crippen LogP contribution is -2.39. The summed E-state index contributed by atoms with van der Waals surface area (Å²) < 4.78 is 41.2. The number of aliphatic imine (C=N–C) groups is 1. The third-order valence-electron chi connectivity index (χ3n) is 13.1. The molecule has 0 fully saturated rings. The highest BCUT2D eigenvalue weighted by Gasteiger charge is 2.39. The van der Waals surface area contributed by atoms with Crippen LogP contribution in [-0.4, -0.2) is 126 Å². The SMILES string of the molecule is COCCOCCOCCN(CC(C)(C)SCC(=O)O)c1cc(COc2cc3c(cc2OC)C(=O)N2c4ccccc4C[C@@H]2C=N3)cc(COc2cc3c(cc2OC)C(=O)N2c4ccccc4C[C@H]2CN3)c1. The topological polar surface area (TPSA) is 170 Å². The van der Waals surface area contributed by atoms with Crippen LogP contribution in [0.2, 0.25) is 0 Å². The van der Waals surface area contributed by atoms with Crippen LogP contribution in [0.1, 0.15) is 56.8 Å². The normalized spacial score (nSPS) is 16.3. The molecule has 4 aliphatic heterocycles. The van der Waals surface area contributed by atoms with Crippen molar-refractivity contribution < 1.29 is 52.6 Å². The van der Waals surface area contributed by atoms with Gasteiger partial charge in [-0.15, -0.1) is 11.8 Å². The molecule has 0 bridgehead atoms. The van der Waals surface area contributed by atoms with Crippen LogP contribution in [0, 0.1) is 0 Å². The van der Waals surface area contributed by atoms with Crippen molar-refractivity contribution in [2.45, 2.75) is 56.7 Å². The number of carboxylic acids is 1. The van der Waals surface area contributed by atoms with E-state index in [1.165, 1.54) is 11.8 Å². The average molecular weight is 1000 g/mol. The molecule has 0 saturated heterocycles. The number of carboxylic acid groups (broad SMARTS) is 1. The van der Waals surface area contributed by atoms with Gasteiger partial charge >= 0.3 is 5.97 Å². The molecule has 2 amide bonds. The van der Waals surface area contributed by atoms with Crippen LogP contribution in [0.3, 0.4) is 0 Å². The first kappa shape index (κ1) is 50.2. The number of thioether (sulfide) groups is 1. The van der Waals surface area contributed by atoms with Crippen molar-refractivity contribution in [2.75, 3.05) is 99.8 Å². The number of nitrogens with one attached hydrogen (secondary N) is 1. The van der Waals surface area contributed by atoms with Gasteiger partial charge in [-0.25, -0.2) is 0 Å². The predicted octanol–water partition coefficient (Wildman–Crippen LogP) is 8.23. The third kappa shape index (κ3) is 11.1. The van der Waals surface area contributed by atoms with Crippen LogP contribution >= 0.6 is 11.8 Å². The maximum Gasteiger partial charge on any atom is 0.313 e. The van der Waals surface area contributed by atoms with Gasteiger partial charge in [0.05, 0.1) is 87.6 Å². The van der Waals surface area contributed by atoms with E-state index in [4.69, 9.17) is 38.2 Å². The average Bonchev–Trinajstić information content (AvgIpc) is 3.88. The second-order valence-corrected chi connectivity index (χ2v) is 20.3. The molecule has 5 aromatic carbocycles. The van der Waals surface area contributed by atoms with Crippen LogP contribution in [0.5, 0.6) is 23.0 Å². The molecular weight excluding hydrogens is 939 g/mol. The standard InChI is InChI=1S/C55H61N5O11S/c1-55(2,72-33-52(61)62)34-58(14-15-68-18-19-69-17-16-65-3)39-21-35(31-70-50-27-44-42(25-48(50)66-4)53(63)59-40(29-56-44)23-37-10-6-8-12-46(37)59)20-36(22-39)32-71-51-28-45-43(26-49(51)67-5)54(64)60-41(30-57-45)24-38-11-7-9-13-47(38)60/h6-13,20-22,25-29,40-41,57H,14-19,23-24,30-34H2,1-5H3,(H,61,62)/t40-,41+/m1/s1. The number of amides is 2. The van der Waals surface area contributed by atoms with Crippen LogP contribution < -0.4 is 39.0 Å². The fourth-order valence-electron chi connectivity index (χ4n) is 9.72. The molecule has 4 heterocycles. The Labute approximate surface area is 424 Å². The largest absolute Gasteiger partial charge is 0.493 e. The first-order chi connectivity index (χ1) is 34.9. The van der Waals surface area contributed by atoms with E-state index in [9.17, 15) is 19.5 Å². The summed E-state index contributed by atoms with van der Waals surface area (Å²) in [5.41, 5.74) is 8.55. The van der Waals surface area contributed by atoms with Crippen molar-refractivity contribution in [1.29, 1.82) is 0 Å². The Balaban J connectivity index is 1.01. The molecule has 0 unspecified atom stereocenters. The second-order valence-electron chi connectivity index (χ2n) is 18.6. The summed E-state index contributed by atoms with van der Waals surface area (Å²) in [7, 11) is 4.73. The number of fused-ring (bicyclic) bond motifs is 8. The minimum absolute atomic E-state index is 0.0343. The fraction of sp³-hybridized carbons (Fsp3) is 0.382. The minimum atomic E-state index is -0.887. The van der Waals surface area contributed by atoms with E-state index in [0.717, 1.165) is 45.7 Å². The molecule has 0 saturated carbocycles. The molecule has 17 heteroatoms. The zero-order valence-electron chi connectivity index (χ0n) is 41.3. The molecule has 378 valence electrons. The molecule has 5 aromatic rings. The summed E-state index contributed by atoms with van der Waals surface area (Å²) in [5.74, 6) is 0.471. The number of carbonyl (C=O) groups is 3. The highest BCUT2D eigenvalue weighted by molar-refractivity contribution is 8.01. The maximum atomic E-state index is 14.2. The number of aliphatic carboxylic acids is 1. The fourth-order valence-corrected chi connectivity index (χ4v) is 10.5. The summed E-state index contributed by atoms with van der Waals surface area (Å²) in [6, 6.07) is 28.8. The van der Waals surface area contributed by atoms with Crippen molar-refractivity contribution >= 4 is 64.2 Å². The molecule has 2 N–H and O–H groups in total. The Morgan fingerprint density at radius 3 is 2.04 bits per heavy atom. The van der Waals surface area contributed by atoms with Gasteiger partial charge < -0.3 is 53.4 Å². The molecule has 72 heavy (non-hydrogen) atoms. The second kappa shape index (κ2) is 22.3. The van der Waals surface area contributed by atoms with Gasteiger partial charge in [-0.1, -0.05) is 36.4 Å². The van der Waals surface area contributed by atoms with Crippen molar-refractivity contribution in [3.63, 3.8) is 0 Å². The number of rotatable bonds is 23. The Bertz CT molecular complexity index is 2840. The van der Waals surface area contributed by atoms with Crippen molar-refractivity contribution in [1.82, 2.24) is 0 Å². The number of carbonyl (C=O) groups excluding carboxylic acids is 2. The van der Waals surface area contributed by atoms with E-state index < -0.39 is 10.7 Å². The van der Waals surface area contributed by atoms with E-state index in [-0.39, 0.29) is 42.9 Å². The Morgan fingerprint density at radius 2 is 1.36 bits per heavy atom. The van der Waals surface area contributed by atoms with Crippen molar-refractivity contribution in [3.05, 3.63) is 124 Å². The molecule has 0 spiro atoms. The number of methoxy groups -OCH3 is 3. The molecule has 4 aliphatic rings. The summed E-state index contributed by atoms with van der Waals surface area (Å²) >= 11 is 1.36. The van der Waals surface area contributed by atoms with Gasteiger partial charge in [0.25, 0.3) is 11.8 Å². The summed E-state index contributed by atoms with van der Waals surface area (Å²) in [6.07, 6.45) is 3.26. The highest BCUT2D eigenvalue weighted by atomic mass is 32.2. The number of ether oxygens (including phenoxy) is 7. The van der Waals surface area contributed by atoms with Crippen LogP contribution in [0.4, 0.5) is 28.4 Å². The zero-order chi connectivity index (χ0) is 50.4. The quantitative estimate of drug-likeness (QED) is 0.0600. The monoisotopic (exact) mass is 999 g/mol. The van der Waals surface area contributed by atoms with Gasteiger partial charge in [-0.05, 0) is 85.0 Å². The number of hydrogen-bond donors (Lipinski definition) is 2. The van der Waals surface area contributed by atoms with Crippen LogP contribution in [0.25, 0.3) is 0 Å². The Morgan fingerprint density at radius 1 is 0.750 bits per heavy atom. The first-order valence-corrected chi connectivity index (χ1v) is 25.1. The Kier molecular flexibility index (Phi) is 15.6. The van der Waals surface area contributed by atoms with Crippen molar-refractivity contribution in [2.24, 2.45) is 4.99 Å². The van der Waals surface area contributed by atoms with E-state index in [2.05, 4.69) is 16.3 Å². The number of para-hydroxylation sites is 2. The summed E-state index contributed by atoms with van der Waals surface area (Å²) in [5, 5.41) is 13.1. The maximum absolute atomic E-state index is 14.2. The van der Waals surface area contributed by atoms with E-state index >= 15 is 0 Å². The van der Waals surface area contributed by atoms with Crippen LogP contribution in [-0.2, 0) is 45.1 Å². The lowest BCUT2D eigenvalue weighted by atomic mass is 10.1. The molecule has 9 rings (SSSR count). The Hall–Kier alpha value is -6.79. The van der Waals surface area contributed by atoms with Gasteiger partial charge in [0, 0.05) is 73.3 Å². The van der Waals surface area contributed by atoms with Crippen LogP contribution in [0.15, 0.2) is 96.0 Å². The number of anilines is 4. The van der Waals surface area contributed by atoms with Gasteiger partial charge in [0.15, 0.2) is 23.0 Å². The third-order valence-corrected chi connectivity index (χ3v) is 14.4. The lowest BCUT2D eigenvalue weighted by Gasteiger charge is -2.34. The molecule has 0 aliphatic carbocycles. The van der Waals surface area contributed by atoms with Gasteiger partial charge in [-0.2, -0.15) is 0 Å². The summed E-state index contributed by atoms with van der Waals surface area (Å²) in [4.78, 5) is 50.8. The molecule has 0 radical (unpaired) electrons. The van der Waals surface area contributed by atoms with Gasteiger partial charge in [0.2, 0.25) is 0 Å². The molecular formula is C55H61N5O11S. The van der Waals surface area contributed by atoms with E-state index in [1.807, 2.05) is 91.7 Å². The number of benzene rings is 5. The first-order valence-electron chi connectivity index (χ1n) is 24.1. The van der Waals surface area contributed by atoms with Gasteiger partial charge in [-0.3, -0.25) is 24.3 Å². The zero-order valence-corrected chi connectivity index (χ0v) is 42.1. The highest BCUT2D eigenvalue weighted by Crippen LogP contribution is 2.43. The number of hydrogen-bond acceptors (Lipinski definition) is 14. The van der Waals surface area contributed by atoms with E-state index in [0.29, 0.717) is 105 Å². The lowest BCUT2D eigenvalue weighted by molar-refractivity contribution is -0.133.